The minimum atomic E-state index is -0.286. The van der Waals surface area contributed by atoms with Crippen molar-refractivity contribution in [1.29, 1.82) is 0 Å². The molecule has 0 fully saturated rings. The van der Waals surface area contributed by atoms with Crippen LogP contribution in [0.3, 0.4) is 0 Å². The van der Waals surface area contributed by atoms with Crippen LogP contribution < -0.4 is 14.8 Å². The lowest BCUT2D eigenvalue weighted by Gasteiger charge is -2.07. The van der Waals surface area contributed by atoms with Crippen LogP contribution in [0.5, 0.6) is 11.5 Å². The highest BCUT2D eigenvalue weighted by atomic mass is 16.5. The van der Waals surface area contributed by atoms with E-state index in [1.54, 1.807) is 38.5 Å². The number of ether oxygens (including phenoxy) is 3. The molecule has 1 N–H and O–H groups in total. The van der Waals surface area contributed by atoms with Crippen molar-refractivity contribution in [2.24, 2.45) is 0 Å². The third-order valence-corrected chi connectivity index (χ3v) is 2.94. The van der Waals surface area contributed by atoms with Crippen molar-refractivity contribution in [3.8, 4) is 11.5 Å². The first kappa shape index (κ1) is 17.6. The van der Waals surface area contributed by atoms with Crippen molar-refractivity contribution >= 4 is 18.0 Å². The molecule has 120 valence electrons. The lowest BCUT2D eigenvalue weighted by atomic mass is 10.1. The Kier molecular flexibility index (Phi) is 7.53. The molecule has 0 aliphatic carbocycles. The Labute approximate surface area is 130 Å². The second-order valence-electron chi connectivity index (χ2n) is 4.41. The highest BCUT2D eigenvalue weighted by Crippen LogP contribution is 2.24. The lowest BCUT2D eigenvalue weighted by Crippen LogP contribution is -2.22. The minimum Gasteiger partial charge on any atom is -0.497 e. The van der Waals surface area contributed by atoms with Crippen LogP contribution in [0.25, 0.3) is 6.08 Å². The van der Waals surface area contributed by atoms with Crippen LogP contribution in [0.1, 0.15) is 18.4 Å². The van der Waals surface area contributed by atoms with Gasteiger partial charge in [0.05, 0.1) is 21.3 Å². The number of esters is 1. The number of carbonyl (C=O) groups is 2. The summed E-state index contributed by atoms with van der Waals surface area (Å²) in [5.41, 5.74) is 0.742. The summed E-state index contributed by atoms with van der Waals surface area (Å²) in [6.45, 7) is 0.410. The number of hydrogen-bond donors (Lipinski definition) is 1. The first-order chi connectivity index (χ1) is 10.6. The van der Waals surface area contributed by atoms with Gasteiger partial charge in [-0.2, -0.15) is 0 Å². The summed E-state index contributed by atoms with van der Waals surface area (Å²) in [7, 11) is 4.47. The molecular formula is C16H21NO5. The molecule has 1 rings (SSSR count). The molecule has 0 atom stereocenters. The normalized spacial score (nSPS) is 10.3. The topological polar surface area (TPSA) is 73.9 Å². The molecule has 0 saturated heterocycles. The maximum Gasteiger partial charge on any atom is 0.305 e. The summed E-state index contributed by atoms with van der Waals surface area (Å²) < 4.78 is 14.9. The first-order valence-corrected chi connectivity index (χ1v) is 6.85. The molecule has 0 radical (unpaired) electrons. The number of benzene rings is 1. The Bertz CT molecular complexity index is 539. The van der Waals surface area contributed by atoms with E-state index in [-0.39, 0.29) is 18.3 Å². The molecule has 0 aromatic heterocycles. The first-order valence-electron chi connectivity index (χ1n) is 6.85. The molecule has 0 bridgehead atoms. The minimum absolute atomic E-state index is 0.241. The van der Waals surface area contributed by atoms with E-state index in [4.69, 9.17) is 9.47 Å². The van der Waals surface area contributed by atoms with E-state index < -0.39 is 0 Å². The monoisotopic (exact) mass is 307 g/mol. The zero-order valence-electron chi connectivity index (χ0n) is 13.0. The molecule has 0 aliphatic rings. The van der Waals surface area contributed by atoms with Crippen LogP contribution in [-0.4, -0.2) is 39.8 Å². The highest BCUT2D eigenvalue weighted by Gasteiger charge is 2.03. The largest absolute Gasteiger partial charge is 0.497 e. The number of nitrogens with one attached hydrogen (secondary N) is 1. The molecule has 6 nitrogen and oxygen atoms in total. The number of hydrogen-bond acceptors (Lipinski definition) is 5. The summed E-state index contributed by atoms with van der Waals surface area (Å²) in [4.78, 5) is 22.6. The Hall–Kier alpha value is -2.50. The summed E-state index contributed by atoms with van der Waals surface area (Å²) in [6, 6.07) is 5.33. The van der Waals surface area contributed by atoms with E-state index >= 15 is 0 Å². The van der Waals surface area contributed by atoms with Gasteiger partial charge < -0.3 is 19.5 Å². The van der Waals surface area contributed by atoms with Crippen molar-refractivity contribution in [1.82, 2.24) is 5.32 Å². The lowest BCUT2D eigenvalue weighted by molar-refractivity contribution is -0.140. The molecule has 0 unspecified atom stereocenters. The van der Waals surface area contributed by atoms with Gasteiger partial charge in [0.1, 0.15) is 11.5 Å². The zero-order chi connectivity index (χ0) is 16.4. The molecule has 6 heteroatoms. The number of methoxy groups -OCH3 is 3. The van der Waals surface area contributed by atoms with Gasteiger partial charge in [0.2, 0.25) is 5.91 Å². The fourth-order valence-corrected chi connectivity index (χ4v) is 1.74. The molecule has 1 amide bonds. The summed E-state index contributed by atoms with van der Waals surface area (Å²) in [5.74, 6) is 0.801. The second kappa shape index (κ2) is 9.44. The fraction of sp³-hybridized carbons (Fsp3) is 0.375. The van der Waals surface area contributed by atoms with Crippen LogP contribution in [0, 0.1) is 0 Å². The summed E-state index contributed by atoms with van der Waals surface area (Å²) in [6.07, 6.45) is 3.88. The summed E-state index contributed by atoms with van der Waals surface area (Å²) >= 11 is 0. The molecule has 0 saturated carbocycles. The fourth-order valence-electron chi connectivity index (χ4n) is 1.74. The molecule has 22 heavy (non-hydrogen) atoms. The predicted octanol–water partition coefficient (Wildman–Crippen LogP) is 1.79. The van der Waals surface area contributed by atoms with Crippen LogP contribution in [0.4, 0.5) is 0 Å². The average molecular weight is 307 g/mol. The van der Waals surface area contributed by atoms with Gasteiger partial charge in [-0.25, -0.2) is 0 Å². The Morgan fingerprint density at radius 2 is 1.95 bits per heavy atom. The van der Waals surface area contributed by atoms with Crippen LogP contribution in [0.15, 0.2) is 24.3 Å². The molecule has 0 heterocycles. The van der Waals surface area contributed by atoms with Gasteiger partial charge >= 0.3 is 5.97 Å². The maximum atomic E-state index is 11.7. The number of amides is 1. The van der Waals surface area contributed by atoms with Gasteiger partial charge in [-0.15, -0.1) is 0 Å². The quantitative estimate of drug-likeness (QED) is 0.450. The SMILES string of the molecule is COC(=O)CCCNC(=O)/C=C/c1cc(OC)ccc1OC. The Balaban J connectivity index is 2.53. The van der Waals surface area contributed by atoms with E-state index in [0.29, 0.717) is 24.5 Å². The standard InChI is InChI=1S/C16H21NO5/c1-20-13-7-8-14(21-2)12(11-13)6-9-15(18)17-10-4-5-16(19)22-3/h6-9,11H,4-5,10H2,1-3H3,(H,17,18)/b9-6+. The van der Waals surface area contributed by atoms with E-state index in [9.17, 15) is 9.59 Å². The average Bonchev–Trinajstić information content (AvgIpc) is 2.56. The van der Waals surface area contributed by atoms with Crippen molar-refractivity contribution in [3.63, 3.8) is 0 Å². The molecule has 0 spiro atoms. The highest BCUT2D eigenvalue weighted by molar-refractivity contribution is 5.92. The Morgan fingerprint density at radius 3 is 2.59 bits per heavy atom. The van der Waals surface area contributed by atoms with E-state index in [0.717, 1.165) is 5.56 Å². The molecule has 1 aromatic carbocycles. The van der Waals surface area contributed by atoms with E-state index in [2.05, 4.69) is 10.1 Å². The van der Waals surface area contributed by atoms with Gasteiger partial charge in [-0.3, -0.25) is 9.59 Å². The van der Waals surface area contributed by atoms with Crippen molar-refractivity contribution in [2.45, 2.75) is 12.8 Å². The molecular weight excluding hydrogens is 286 g/mol. The smallest absolute Gasteiger partial charge is 0.305 e. The van der Waals surface area contributed by atoms with E-state index in [1.807, 2.05) is 0 Å². The van der Waals surface area contributed by atoms with Crippen LogP contribution in [0.2, 0.25) is 0 Å². The Morgan fingerprint density at radius 1 is 1.18 bits per heavy atom. The summed E-state index contributed by atoms with van der Waals surface area (Å²) in [5, 5.41) is 2.69. The van der Waals surface area contributed by atoms with Gasteiger partial charge in [0.25, 0.3) is 0 Å². The van der Waals surface area contributed by atoms with Crippen LogP contribution in [-0.2, 0) is 14.3 Å². The number of rotatable bonds is 8. The third-order valence-electron chi connectivity index (χ3n) is 2.94. The third kappa shape index (κ3) is 5.87. The zero-order valence-corrected chi connectivity index (χ0v) is 13.0. The van der Waals surface area contributed by atoms with Crippen molar-refractivity contribution in [2.75, 3.05) is 27.9 Å². The molecule has 1 aromatic rings. The molecule has 0 aliphatic heterocycles. The van der Waals surface area contributed by atoms with Gasteiger partial charge in [-0.1, -0.05) is 0 Å². The van der Waals surface area contributed by atoms with Gasteiger partial charge in [-0.05, 0) is 30.7 Å². The van der Waals surface area contributed by atoms with Gasteiger partial charge in [0, 0.05) is 24.6 Å². The van der Waals surface area contributed by atoms with Crippen LogP contribution >= 0.6 is 0 Å². The van der Waals surface area contributed by atoms with E-state index in [1.165, 1.54) is 13.2 Å². The van der Waals surface area contributed by atoms with Crippen molar-refractivity contribution in [3.05, 3.63) is 29.8 Å². The maximum absolute atomic E-state index is 11.7. The second-order valence-corrected chi connectivity index (χ2v) is 4.41. The number of carbonyl (C=O) groups excluding carboxylic acids is 2. The predicted molar refractivity (Wildman–Crippen MR) is 82.8 cm³/mol. The van der Waals surface area contributed by atoms with Gasteiger partial charge in [0.15, 0.2) is 0 Å². The van der Waals surface area contributed by atoms with Crippen molar-refractivity contribution < 1.29 is 23.8 Å².